The number of benzene rings is 2. The highest BCUT2D eigenvalue weighted by atomic mass is 35.5. The Balaban J connectivity index is 1.71. The average molecular weight is 419 g/mol. The van der Waals surface area contributed by atoms with E-state index in [4.69, 9.17) is 11.6 Å². The molecule has 5 rings (SSSR count). The number of aromatic hydroxyl groups is 1. The molecule has 0 atom stereocenters. The van der Waals surface area contributed by atoms with E-state index in [9.17, 15) is 9.90 Å². The van der Waals surface area contributed by atoms with Gasteiger partial charge in [-0.05, 0) is 42.8 Å². The molecule has 3 aromatic heterocycles. The minimum atomic E-state index is -0.316. The normalized spacial score (nSPS) is 11.3. The van der Waals surface area contributed by atoms with E-state index in [1.807, 2.05) is 0 Å². The summed E-state index contributed by atoms with van der Waals surface area (Å²) < 4.78 is 3.17. The fraction of sp³-hybridized carbons (Fsp3) is 0.0476. The summed E-state index contributed by atoms with van der Waals surface area (Å²) in [5.41, 5.74) is 2.08. The first-order chi connectivity index (χ1) is 14.5. The second-order valence-corrected chi connectivity index (χ2v) is 7.15. The Morgan fingerprint density at radius 3 is 2.77 bits per heavy atom. The lowest BCUT2D eigenvalue weighted by molar-refractivity contribution is 0.471. The number of phenolic OH excluding ortho intramolecular Hbond substituents is 1. The Morgan fingerprint density at radius 1 is 1.13 bits per heavy atom. The average Bonchev–Trinajstić information content (AvgIpc) is 3.22. The third-order valence-electron chi connectivity index (χ3n) is 4.80. The van der Waals surface area contributed by atoms with Crippen LogP contribution >= 0.6 is 11.6 Å². The predicted octanol–water partition coefficient (Wildman–Crippen LogP) is 3.84. The molecular formula is C21H15ClN6O2. The molecule has 0 bridgehead atoms. The van der Waals surface area contributed by atoms with Gasteiger partial charge in [-0.1, -0.05) is 23.7 Å². The van der Waals surface area contributed by atoms with Crippen molar-refractivity contribution in [2.75, 3.05) is 5.32 Å². The molecule has 0 aliphatic heterocycles. The monoisotopic (exact) mass is 418 g/mol. The molecule has 8 nitrogen and oxygen atoms in total. The van der Waals surface area contributed by atoms with Crippen molar-refractivity contribution in [3.63, 3.8) is 0 Å². The first-order valence-electron chi connectivity index (χ1n) is 9.09. The summed E-state index contributed by atoms with van der Waals surface area (Å²) >= 11 is 6.33. The molecule has 2 N–H and O–H groups in total. The van der Waals surface area contributed by atoms with Gasteiger partial charge in [0.2, 0.25) is 11.7 Å². The number of nitrogens with one attached hydrogen (secondary N) is 1. The molecule has 0 unspecified atom stereocenters. The number of fused-ring (bicyclic) bond motifs is 3. The number of imidazole rings is 1. The van der Waals surface area contributed by atoms with Gasteiger partial charge in [0.1, 0.15) is 11.1 Å². The number of hydrogen-bond acceptors (Lipinski definition) is 6. The zero-order chi connectivity index (χ0) is 20.8. The smallest absolute Gasteiger partial charge is 0.270 e. The number of aryl methyl sites for hydroxylation is 1. The topological polar surface area (TPSA) is 97.3 Å². The lowest BCUT2D eigenvalue weighted by Gasteiger charge is -2.12. The Hall–Kier alpha value is -3.91. The molecule has 30 heavy (non-hydrogen) atoms. The van der Waals surface area contributed by atoms with Gasteiger partial charge >= 0.3 is 0 Å². The van der Waals surface area contributed by atoms with Crippen molar-refractivity contribution in [2.24, 2.45) is 0 Å². The Morgan fingerprint density at radius 2 is 1.97 bits per heavy atom. The fourth-order valence-corrected chi connectivity index (χ4v) is 3.54. The quantitative estimate of drug-likeness (QED) is 0.432. The molecule has 0 radical (unpaired) electrons. The number of hydrogen-bond donors (Lipinski definition) is 2. The van der Waals surface area contributed by atoms with E-state index in [0.29, 0.717) is 33.5 Å². The number of para-hydroxylation sites is 1. The van der Waals surface area contributed by atoms with Crippen LogP contribution in [-0.2, 0) is 0 Å². The van der Waals surface area contributed by atoms with Crippen LogP contribution in [0.15, 0.2) is 65.8 Å². The number of anilines is 2. The summed E-state index contributed by atoms with van der Waals surface area (Å²) in [6, 6.07) is 12.2. The van der Waals surface area contributed by atoms with Gasteiger partial charge in [0.05, 0.1) is 10.7 Å². The lowest BCUT2D eigenvalue weighted by atomic mass is 10.2. The van der Waals surface area contributed by atoms with E-state index in [1.165, 1.54) is 10.8 Å². The highest BCUT2D eigenvalue weighted by Gasteiger charge is 2.17. The van der Waals surface area contributed by atoms with E-state index in [2.05, 4.69) is 20.3 Å². The fourth-order valence-electron chi connectivity index (χ4n) is 3.32. The van der Waals surface area contributed by atoms with Crippen molar-refractivity contribution in [3.05, 3.63) is 82.0 Å². The highest BCUT2D eigenvalue weighted by molar-refractivity contribution is 6.32. The molecule has 0 saturated carbocycles. The van der Waals surface area contributed by atoms with Gasteiger partial charge in [0, 0.05) is 24.3 Å². The molecule has 0 aliphatic carbocycles. The maximum Gasteiger partial charge on any atom is 0.270 e. The zero-order valence-electron chi connectivity index (χ0n) is 15.7. The molecule has 9 heteroatoms. The minimum Gasteiger partial charge on any atom is -0.508 e. The molecular weight excluding hydrogens is 404 g/mol. The molecule has 5 aromatic rings. The van der Waals surface area contributed by atoms with Gasteiger partial charge in [-0.15, -0.1) is 0 Å². The Bertz CT molecular complexity index is 1490. The summed E-state index contributed by atoms with van der Waals surface area (Å²) in [4.78, 5) is 26.4. The molecule has 0 saturated heterocycles. The summed E-state index contributed by atoms with van der Waals surface area (Å²) in [7, 11) is 0. The van der Waals surface area contributed by atoms with E-state index in [-0.39, 0.29) is 11.3 Å². The number of phenols is 1. The van der Waals surface area contributed by atoms with Gasteiger partial charge in [-0.3, -0.25) is 9.20 Å². The zero-order valence-corrected chi connectivity index (χ0v) is 16.5. The number of nitrogens with zero attached hydrogens (tertiary/aromatic N) is 5. The van der Waals surface area contributed by atoms with Gasteiger partial charge in [-0.25, -0.2) is 14.5 Å². The van der Waals surface area contributed by atoms with Gasteiger partial charge in [0.15, 0.2) is 5.65 Å². The van der Waals surface area contributed by atoms with E-state index in [1.54, 1.807) is 66.2 Å². The van der Waals surface area contributed by atoms with Gasteiger partial charge in [0.25, 0.3) is 5.56 Å². The summed E-state index contributed by atoms with van der Waals surface area (Å²) in [5, 5.41) is 13.6. The van der Waals surface area contributed by atoms with Crippen molar-refractivity contribution >= 4 is 40.0 Å². The lowest BCUT2D eigenvalue weighted by Crippen LogP contribution is -2.22. The SMILES string of the molecule is Cc1cc(Nc2ncc3c(=O)n(-c4ccccc4Cl)c4nccn4c3n2)ccc1O. The number of rotatable bonds is 3. The van der Waals surface area contributed by atoms with Crippen LogP contribution in [-0.4, -0.2) is 29.0 Å². The van der Waals surface area contributed by atoms with Crippen LogP contribution in [0.4, 0.5) is 11.6 Å². The standard InChI is InChI=1S/C21H15ClN6O2/c1-12-10-13(6-7-17(12)29)25-20-24-11-14-18(26-20)27-9-8-23-21(27)28(19(14)30)16-5-3-2-4-15(16)22/h2-11,29H,1H3,(H,24,25,26). The van der Waals surface area contributed by atoms with Crippen molar-refractivity contribution < 1.29 is 5.11 Å². The first-order valence-corrected chi connectivity index (χ1v) is 9.47. The second-order valence-electron chi connectivity index (χ2n) is 6.75. The summed E-state index contributed by atoms with van der Waals surface area (Å²) in [6.45, 7) is 1.80. The van der Waals surface area contributed by atoms with E-state index < -0.39 is 0 Å². The van der Waals surface area contributed by atoms with Gasteiger partial charge < -0.3 is 10.4 Å². The van der Waals surface area contributed by atoms with Crippen LogP contribution in [0, 0.1) is 6.92 Å². The maximum atomic E-state index is 13.3. The number of halogens is 1. The summed E-state index contributed by atoms with van der Waals surface area (Å²) in [6.07, 6.45) is 4.80. The van der Waals surface area contributed by atoms with E-state index in [0.717, 1.165) is 11.3 Å². The van der Waals surface area contributed by atoms with Gasteiger partial charge in [-0.2, -0.15) is 4.98 Å². The van der Waals surface area contributed by atoms with Crippen LogP contribution in [0.1, 0.15) is 5.56 Å². The molecule has 0 spiro atoms. The molecule has 0 amide bonds. The second kappa shape index (κ2) is 6.85. The minimum absolute atomic E-state index is 0.209. The van der Waals surface area contributed by atoms with Crippen LogP contribution in [0.3, 0.4) is 0 Å². The van der Waals surface area contributed by atoms with Crippen molar-refractivity contribution in [1.29, 1.82) is 0 Å². The molecule has 0 fully saturated rings. The van der Waals surface area contributed by atoms with E-state index >= 15 is 0 Å². The van der Waals surface area contributed by atoms with Crippen LogP contribution in [0.5, 0.6) is 5.75 Å². The first kappa shape index (κ1) is 18.1. The third kappa shape index (κ3) is 2.85. The number of aromatic nitrogens is 5. The molecule has 0 aliphatic rings. The molecule has 148 valence electrons. The Labute approximate surface area is 175 Å². The highest BCUT2D eigenvalue weighted by Crippen LogP contribution is 2.24. The van der Waals surface area contributed by atoms with Crippen molar-refractivity contribution in [3.8, 4) is 11.4 Å². The summed E-state index contributed by atoms with van der Waals surface area (Å²) in [5.74, 6) is 0.920. The molecule has 3 heterocycles. The largest absolute Gasteiger partial charge is 0.508 e. The van der Waals surface area contributed by atoms with Crippen LogP contribution in [0.2, 0.25) is 5.02 Å². The van der Waals surface area contributed by atoms with Crippen molar-refractivity contribution in [2.45, 2.75) is 6.92 Å². The van der Waals surface area contributed by atoms with Crippen molar-refractivity contribution in [1.82, 2.24) is 23.9 Å². The Kier molecular flexibility index (Phi) is 4.14. The maximum absolute atomic E-state index is 13.3. The predicted molar refractivity (Wildman–Crippen MR) is 115 cm³/mol. The van der Waals surface area contributed by atoms with Crippen LogP contribution in [0.25, 0.3) is 22.5 Å². The third-order valence-corrected chi connectivity index (χ3v) is 5.12. The van der Waals surface area contributed by atoms with Crippen LogP contribution < -0.4 is 10.9 Å². The molecule has 2 aromatic carbocycles.